The molecule has 2 amide bonds. The molecule has 7 heteroatoms. The van der Waals surface area contributed by atoms with Crippen LogP contribution in [0.5, 0.6) is 0 Å². The third kappa shape index (κ3) is 7.59. The van der Waals surface area contributed by atoms with Gasteiger partial charge in [0.1, 0.15) is 5.82 Å². The number of nitrogens with zero attached hydrogens (tertiary/aromatic N) is 2. The highest BCUT2D eigenvalue weighted by Gasteiger charge is 2.20. The summed E-state index contributed by atoms with van der Waals surface area (Å²) in [4.78, 5) is 28.5. The van der Waals surface area contributed by atoms with E-state index in [9.17, 15) is 14.0 Å². The maximum Gasteiger partial charge on any atom is 0.238 e. The predicted octanol–water partition coefficient (Wildman–Crippen LogP) is 2.39. The van der Waals surface area contributed by atoms with Crippen LogP contribution in [0.4, 0.5) is 10.1 Å². The molecule has 1 aliphatic carbocycles. The first-order valence-corrected chi connectivity index (χ1v) is 10.5. The standard InChI is InChI=1S/C22H31FN4O2/c23-19-7-4-8-20(15-19)25-22(29)17-27-13-11-26(12-14-27)16-21(28)24-10-9-18-5-2-1-3-6-18/h4-5,7-8,15H,1-3,6,9-14,16-17H2,(H,24,28)(H,25,29). The zero-order valence-corrected chi connectivity index (χ0v) is 17.0. The zero-order valence-electron chi connectivity index (χ0n) is 17.0. The van der Waals surface area contributed by atoms with Gasteiger partial charge in [0.2, 0.25) is 11.8 Å². The molecule has 2 aliphatic rings. The van der Waals surface area contributed by atoms with Gasteiger partial charge in [-0.1, -0.05) is 17.7 Å². The van der Waals surface area contributed by atoms with Crippen LogP contribution in [0.2, 0.25) is 0 Å². The molecule has 1 heterocycles. The van der Waals surface area contributed by atoms with E-state index in [2.05, 4.69) is 26.5 Å². The maximum absolute atomic E-state index is 13.2. The van der Waals surface area contributed by atoms with Gasteiger partial charge < -0.3 is 10.6 Å². The SMILES string of the molecule is O=C(CN1CCN(CC(=O)Nc2cccc(F)c2)CC1)NCCC1=CCCCC1. The van der Waals surface area contributed by atoms with Crippen molar-refractivity contribution < 1.29 is 14.0 Å². The van der Waals surface area contributed by atoms with Gasteiger partial charge >= 0.3 is 0 Å². The van der Waals surface area contributed by atoms with Crippen LogP contribution in [0.3, 0.4) is 0 Å². The Hall–Kier alpha value is -2.25. The summed E-state index contributed by atoms with van der Waals surface area (Å²) < 4.78 is 13.2. The van der Waals surface area contributed by atoms with Gasteiger partial charge in [0.05, 0.1) is 13.1 Å². The molecule has 1 fully saturated rings. The number of carbonyl (C=O) groups is 2. The molecule has 0 atom stereocenters. The molecule has 6 nitrogen and oxygen atoms in total. The van der Waals surface area contributed by atoms with Gasteiger partial charge in [-0.2, -0.15) is 0 Å². The third-order valence-corrected chi connectivity index (χ3v) is 5.46. The minimum absolute atomic E-state index is 0.0682. The lowest BCUT2D eigenvalue weighted by atomic mass is 9.97. The van der Waals surface area contributed by atoms with E-state index in [-0.39, 0.29) is 24.2 Å². The molecule has 1 aromatic rings. The number of piperazine rings is 1. The summed E-state index contributed by atoms with van der Waals surface area (Å²) in [6, 6.07) is 5.89. The van der Waals surface area contributed by atoms with E-state index in [1.54, 1.807) is 12.1 Å². The lowest BCUT2D eigenvalue weighted by molar-refractivity contribution is -0.123. The van der Waals surface area contributed by atoms with Crippen LogP contribution >= 0.6 is 0 Å². The maximum atomic E-state index is 13.2. The second kappa shape index (κ2) is 11.1. The van der Waals surface area contributed by atoms with E-state index < -0.39 is 0 Å². The number of anilines is 1. The van der Waals surface area contributed by atoms with Crippen LogP contribution in [0, 0.1) is 5.82 Å². The smallest absolute Gasteiger partial charge is 0.238 e. The van der Waals surface area contributed by atoms with Gasteiger partial charge in [0.15, 0.2) is 0 Å². The van der Waals surface area contributed by atoms with Crippen molar-refractivity contribution in [3.8, 4) is 0 Å². The molecule has 1 aromatic carbocycles. The Morgan fingerprint density at radius 1 is 1.00 bits per heavy atom. The number of rotatable bonds is 8. The Kier molecular flexibility index (Phi) is 8.19. The second-order valence-corrected chi connectivity index (χ2v) is 7.82. The van der Waals surface area contributed by atoms with Crippen LogP contribution in [0.1, 0.15) is 32.1 Å². The molecule has 0 radical (unpaired) electrons. The van der Waals surface area contributed by atoms with Gasteiger partial charge in [0.25, 0.3) is 0 Å². The topological polar surface area (TPSA) is 64.7 Å². The van der Waals surface area contributed by atoms with Gasteiger partial charge in [-0.15, -0.1) is 0 Å². The van der Waals surface area contributed by atoms with Gasteiger partial charge in [0, 0.05) is 38.4 Å². The quantitative estimate of drug-likeness (QED) is 0.656. The number of carbonyl (C=O) groups excluding carboxylic acids is 2. The summed E-state index contributed by atoms with van der Waals surface area (Å²) in [6.07, 6.45) is 8.18. The molecule has 0 unspecified atom stereocenters. The highest BCUT2D eigenvalue weighted by molar-refractivity contribution is 5.92. The summed E-state index contributed by atoms with van der Waals surface area (Å²) in [5.74, 6) is -0.456. The van der Waals surface area contributed by atoms with Gasteiger partial charge in [-0.05, 0) is 50.3 Å². The van der Waals surface area contributed by atoms with Crippen molar-refractivity contribution in [2.45, 2.75) is 32.1 Å². The van der Waals surface area contributed by atoms with E-state index in [1.165, 1.54) is 43.4 Å². The Balaban J connectivity index is 1.30. The van der Waals surface area contributed by atoms with Crippen LogP contribution in [-0.2, 0) is 9.59 Å². The fourth-order valence-electron chi connectivity index (χ4n) is 3.83. The first-order chi connectivity index (χ1) is 14.1. The molecule has 2 N–H and O–H groups in total. The molecule has 158 valence electrons. The van der Waals surface area contributed by atoms with Crippen molar-refractivity contribution in [3.05, 3.63) is 41.7 Å². The predicted molar refractivity (Wildman–Crippen MR) is 112 cm³/mol. The molecule has 0 aromatic heterocycles. The van der Waals surface area contributed by atoms with Crippen molar-refractivity contribution in [2.24, 2.45) is 0 Å². The first kappa shape index (κ1) is 21.5. The zero-order chi connectivity index (χ0) is 20.5. The third-order valence-electron chi connectivity index (χ3n) is 5.46. The number of nitrogens with one attached hydrogen (secondary N) is 2. The van der Waals surface area contributed by atoms with Crippen LogP contribution in [-0.4, -0.2) is 67.4 Å². The van der Waals surface area contributed by atoms with E-state index in [0.717, 1.165) is 32.6 Å². The fourth-order valence-corrected chi connectivity index (χ4v) is 3.83. The number of amides is 2. The molecule has 0 spiro atoms. The summed E-state index contributed by atoms with van der Waals surface area (Å²) in [5, 5.41) is 5.74. The summed E-state index contributed by atoms with van der Waals surface area (Å²) in [6.45, 7) is 4.37. The highest BCUT2D eigenvalue weighted by Crippen LogP contribution is 2.19. The first-order valence-electron chi connectivity index (χ1n) is 10.5. The lowest BCUT2D eigenvalue weighted by Crippen LogP contribution is -2.51. The Morgan fingerprint density at radius 3 is 2.38 bits per heavy atom. The van der Waals surface area contributed by atoms with Crippen molar-refractivity contribution in [2.75, 3.05) is 51.1 Å². The number of benzene rings is 1. The van der Waals surface area contributed by atoms with Crippen LogP contribution in [0.15, 0.2) is 35.9 Å². The summed E-state index contributed by atoms with van der Waals surface area (Å²) in [5.41, 5.74) is 1.94. The van der Waals surface area contributed by atoms with Crippen LogP contribution in [0.25, 0.3) is 0 Å². The Labute approximate surface area is 172 Å². The lowest BCUT2D eigenvalue weighted by Gasteiger charge is -2.33. The van der Waals surface area contributed by atoms with Crippen molar-refractivity contribution in [3.63, 3.8) is 0 Å². The molecule has 29 heavy (non-hydrogen) atoms. The van der Waals surface area contributed by atoms with E-state index >= 15 is 0 Å². The van der Waals surface area contributed by atoms with Crippen molar-refractivity contribution in [1.29, 1.82) is 0 Å². The molecular weight excluding hydrogens is 371 g/mol. The monoisotopic (exact) mass is 402 g/mol. The highest BCUT2D eigenvalue weighted by atomic mass is 19.1. The average molecular weight is 403 g/mol. The number of hydrogen-bond donors (Lipinski definition) is 2. The molecule has 3 rings (SSSR count). The van der Waals surface area contributed by atoms with E-state index in [1.807, 2.05) is 0 Å². The Bertz CT molecular complexity index is 729. The normalized spacial score (nSPS) is 18.2. The fraction of sp³-hybridized carbons (Fsp3) is 0.545. The minimum atomic E-state index is -0.370. The van der Waals surface area contributed by atoms with Gasteiger partial charge in [-0.3, -0.25) is 19.4 Å². The number of halogens is 1. The minimum Gasteiger partial charge on any atom is -0.355 e. The van der Waals surface area contributed by atoms with Crippen LogP contribution < -0.4 is 10.6 Å². The molecule has 0 bridgehead atoms. The summed E-state index contributed by atoms with van der Waals surface area (Å²) in [7, 11) is 0. The van der Waals surface area contributed by atoms with E-state index in [0.29, 0.717) is 18.8 Å². The second-order valence-electron chi connectivity index (χ2n) is 7.82. The number of hydrogen-bond acceptors (Lipinski definition) is 4. The largest absolute Gasteiger partial charge is 0.355 e. The molecular formula is C22H31FN4O2. The van der Waals surface area contributed by atoms with Crippen molar-refractivity contribution >= 4 is 17.5 Å². The molecule has 1 saturated heterocycles. The van der Waals surface area contributed by atoms with Crippen molar-refractivity contribution in [1.82, 2.24) is 15.1 Å². The average Bonchev–Trinajstić information content (AvgIpc) is 2.70. The van der Waals surface area contributed by atoms with Gasteiger partial charge in [-0.25, -0.2) is 4.39 Å². The molecule has 1 aliphatic heterocycles. The summed E-state index contributed by atoms with van der Waals surface area (Å²) >= 11 is 0. The van der Waals surface area contributed by atoms with E-state index in [4.69, 9.17) is 0 Å². The molecule has 0 saturated carbocycles. The Morgan fingerprint density at radius 2 is 1.72 bits per heavy atom. The number of allylic oxidation sites excluding steroid dienone is 1.